The summed E-state index contributed by atoms with van der Waals surface area (Å²) in [6.07, 6.45) is 31.3. The van der Waals surface area contributed by atoms with Crippen molar-refractivity contribution < 1.29 is 52.3 Å². The number of ether oxygens (including phenoxy) is 7. The minimum atomic E-state index is -0.430. The third-order valence-corrected chi connectivity index (χ3v) is 26.6. The van der Waals surface area contributed by atoms with E-state index in [0.717, 1.165) is 97.4 Å². The largest absolute Gasteiger partial charge is 0.458 e. The van der Waals surface area contributed by atoms with Crippen molar-refractivity contribution in [3.05, 3.63) is 0 Å². The van der Waals surface area contributed by atoms with Crippen LogP contribution in [0.15, 0.2) is 0 Å². The van der Waals surface area contributed by atoms with Crippen molar-refractivity contribution in [1.82, 2.24) is 0 Å². The van der Waals surface area contributed by atoms with Crippen LogP contribution in [-0.4, -0.2) is 67.2 Å². The van der Waals surface area contributed by atoms with E-state index in [1.54, 1.807) is 0 Å². The topological polar surface area (TPSA) is 133 Å². The molecule has 0 N–H and O–H groups in total. The van der Waals surface area contributed by atoms with Gasteiger partial charge in [-0.05, 0) is 282 Å². The van der Waals surface area contributed by atoms with E-state index >= 15 is 0 Å². The van der Waals surface area contributed by atoms with Crippen molar-refractivity contribution in [2.24, 2.45) is 141 Å². The Labute approximate surface area is 542 Å². The van der Waals surface area contributed by atoms with E-state index in [4.69, 9.17) is 33.2 Å². The highest BCUT2D eigenvalue weighted by atomic mass is 16.7. The maximum atomic E-state index is 12.8. The molecule has 89 heavy (non-hydrogen) atoms. The van der Waals surface area contributed by atoms with Gasteiger partial charge in [-0.15, -0.1) is 0 Å². The fourth-order valence-electron chi connectivity index (χ4n) is 21.1. The monoisotopic (exact) mass is 1240 g/mol. The molecule has 10 unspecified atom stereocenters. The minimum Gasteiger partial charge on any atom is -0.458 e. The summed E-state index contributed by atoms with van der Waals surface area (Å²) in [4.78, 5) is 49.4. The number of rotatable bonds is 23. The Morgan fingerprint density at radius 2 is 0.876 bits per heavy atom. The van der Waals surface area contributed by atoms with E-state index in [2.05, 4.69) is 62.3 Å². The predicted molar refractivity (Wildman–Crippen MR) is 352 cm³/mol. The second-order valence-corrected chi connectivity index (χ2v) is 35.5. The number of hydrogen-bond donors (Lipinski definition) is 0. The van der Waals surface area contributed by atoms with Crippen LogP contribution in [-0.2, 0) is 52.3 Å². The first kappa shape index (κ1) is 71.1. The lowest BCUT2D eigenvalue weighted by atomic mass is 9.47. The first-order valence-electron chi connectivity index (χ1n) is 37.8. The van der Waals surface area contributed by atoms with Gasteiger partial charge in [-0.3, -0.25) is 19.2 Å². The van der Waals surface area contributed by atoms with Gasteiger partial charge in [0.2, 0.25) is 18.9 Å². The fourth-order valence-corrected chi connectivity index (χ4v) is 21.1. The molecule has 0 saturated heterocycles. The molecule has 14 bridgehead atoms. The Kier molecular flexibility index (Phi) is 23.5. The molecule has 15 saturated carbocycles. The van der Waals surface area contributed by atoms with Gasteiger partial charge in [0.15, 0.2) is 0 Å². The average Bonchev–Trinajstić information content (AvgIpc) is 1.73. The highest BCUT2D eigenvalue weighted by Gasteiger charge is 2.62. The van der Waals surface area contributed by atoms with E-state index in [-0.39, 0.29) is 77.1 Å². The lowest BCUT2D eigenvalue weighted by Gasteiger charge is -2.62. The van der Waals surface area contributed by atoms with Crippen LogP contribution < -0.4 is 0 Å². The molecule has 0 spiro atoms. The molecule has 0 radical (unpaired) electrons. The van der Waals surface area contributed by atoms with E-state index in [9.17, 15) is 19.2 Å². The maximum Gasteiger partial charge on any atom is 0.313 e. The zero-order chi connectivity index (χ0) is 64.7. The van der Waals surface area contributed by atoms with Gasteiger partial charge in [0.1, 0.15) is 5.60 Å². The molecule has 11 heteroatoms. The molecule has 11 nitrogen and oxygen atoms in total. The summed E-state index contributed by atoms with van der Waals surface area (Å²) in [5, 5.41) is 0. The van der Waals surface area contributed by atoms with Crippen molar-refractivity contribution in [3.63, 3.8) is 0 Å². The molecule has 15 aliphatic rings. The first-order valence-corrected chi connectivity index (χ1v) is 37.8. The van der Waals surface area contributed by atoms with Crippen molar-refractivity contribution in [2.75, 3.05) is 6.61 Å². The molecule has 0 aromatic heterocycles. The molecule has 15 fully saturated rings. The van der Waals surface area contributed by atoms with Gasteiger partial charge >= 0.3 is 23.9 Å². The lowest BCUT2D eigenvalue weighted by Crippen LogP contribution is -2.63. The third kappa shape index (κ3) is 16.0. The van der Waals surface area contributed by atoms with Crippen LogP contribution in [0.5, 0.6) is 0 Å². The molecule has 0 heterocycles. The van der Waals surface area contributed by atoms with Crippen LogP contribution in [0, 0.1) is 141 Å². The zero-order valence-corrected chi connectivity index (χ0v) is 59.9. The Morgan fingerprint density at radius 3 is 1.33 bits per heavy atom. The average molecular weight is 1250 g/mol. The predicted octanol–water partition coefficient (Wildman–Crippen LogP) is 18.8. The van der Waals surface area contributed by atoms with Crippen molar-refractivity contribution >= 4 is 23.9 Å². The van der Waals surface area contributed by atoms with E-state index < -0.39 is 11.7 Å². The van der Waals surface area contributed by atoms with Gasteiger partial charge in [0, 0.05) is 17.8 Å². The molecule has 0 aliphatic heterocycles. The fraction of sp³-hybridized carbons (Fsp3) is 0.949. The maximum absolute atomic E-state index is 12.8. The van der Waals surface area contributed by atoms with Crippen LogP contribution in [0.4, 0.5) is 0 Å². The van der Waals surface area contributed by atoms with Crippen LogP contribution in [0.2, 0.25) is 0 Å². The Balaban J connectivity index is 0.000000141. The molecule has 0 aromatic rings. The summed E-state index contributed by atoms with van der Waals surface area (Å²) < 4.78 is 42.6. The molecule has 510 valence electrons. The van der Waals surface area contributed by atoms with Crippen molar-refractivity contribution in [3.8, 4) is 0 Å². The number of carbonyl (C=O) groups is 4. The molecule has 15 rings (SSSR count). The molecule has 0 amide bonds. The van der Waals surface area contributed by atoms with Crippen LogP contribution >= 0.6 is 0 Å². The summed E-state index contributed by atoms with van der Waals surface area (Å²) in [5.74, 6) is 13.3. The van der Waals surface area contributed by atoms with Gasteiger partial charge < -0.3 is 33.2 Å². The third-order valence-electron chi connectivity index (χ3n) is 26.6. The summed E-state index contributed by atoms with van der Waals surface area (Å²) >= 11 is 0. The van der Waals surface area contributed by atoms with Crippen LogP contribution in [0.25, 0.3) is 0 Å². The second kappa shape index (κ2) is 29.4. The number of fused-ring (bicyclic) bond motifs is 5. The van der Waals surface area contributed by atoms with Gasteiger partial charge in [-0.2, -0.15) is 0 Å². The number of hydrogen-bond acceptors (Lipinski definition) is 11. The molecular weight excluding hydrogens is 1110 g/mol. The van der Waals surface area contributed by atoms with Crippen LogP contribution in [0.3, 0.4) is 0 Å². The van der Waals surface area contributed by atoms with E-state index in [0.29, 0.717) is 47.2 Å². The summed E-state index contributed by atoms with van der Waals surface area (Å²) in [5.41, 5.74) is -0.571. The van der Waals surface area contributed by atoms with E-state index in [1.165, 1.54) is 135 Å². The summed E-state index contributed by atoms with van der Waals surface area (Å²) in [6.45, 7) is 37.8. The summed E-state index contributed by atoms with van der Waals surface area (Å²) in [7, 11) is 0. The molecule has 0 aromatic carbocycles. The highest BCUT2D eigenvalue weighted by molar-refractivity contribution is 5.77. The Hall–Kier alpha value is -2.24. The normalized spacial score (nSPS) is 38.9. The minimum absolute atomic E-state index is 0.0335. The standard InChI is InChI=1S/2C20H34O3.C19H32O3.C19H32O2/c1-6-20(4,5)19(21)23-18(12(2)3)22-17-15-8-13-7-14(10-15)11-16(17)9-13;1-5-14(4)18(21)23-19(13(2)3)22-12-20-9-15-6-16(10-20)8-17(7-15)11-20;1-5-12(4)18(20)22-19(11(2)3)21-17-10-13-9-16(17)15-8-6-7-14(13)15;1-6-18(4,5)17(20)21-19(12(2)3)15-8-13-7-14(10-15)11-16(19)9-13/h12-18H,6-11H2,1-5H3;13-17,19H,5-12H2,1-4H3;11-17,19H,5-10H2,1-4H3;12-16H,6-11H2,1-5H3. The Morgan fingerprint density at radius 1 is 0.449 bits per heavy atom. The summed E-state index contributed by atoms with van der Waals surface area (Å²) in [6, 6.07) is 0. The Bertz CT molecular complexity index is 2240. The highest BCUT2D eigenvalue weighted by Crippen LogP contribution is 2.64. The van der Waals surface area contributed by atoms with Gasteiger partial charge in [0.25, 0.3) is 0 Å². The van der Waals surface area contributed by atoms with Gasteiger partial charge in [0.05, 0.1) is 41.5 Å². The number of carbonyl (C=O) groups excluding carboxylic acids is 4. The first-order chi connectivity index (χ1) is 42.0. The molecule has 15 aliphatic carbocycles. The zero-order valence-electron chi connectivity index (χ0n) is 59.9. The van der Waals surface area contributed by atoms with Gasteiger partial charge in [-0.25, -0.2) is 0 Å². The van der Waals surface area contributed by atoms with Crippen molar-refractivity contribution in [1.29, 1.82) is 0 Å². The smallest absolute Gasteiger partial charge is 0.313 e. The van der Waals surface area contributed by atoms with Gasteiger partial charge in [-0.1, -0.05) is 103 Å². The number of esters is 4. The quantitative estimate of drug-likeness (QED) is 0.0550. The lowest BCUT2D eigenvalue weighted by molar-refractivity contribution is -0.241. The SMILES string of the molecule is CCC(C)(C)C(=O)OC(OC1C2CC3CC(C2)CC1C3)C(C)C.CCC(C)(C)C(=O)OC1(C(C)C)C2CC3CC(C2)CC1C3.CCC(C)C(=O)OC(OC1CC2CC1C1CCCC21)C(C)C.CCC(C)C(=O)OC(OCC12CC3CC(CC(C3)C1)C2)C(C)C. The molecular formula is C78H132O11. The van der Waals surface area contributed by atoms with Crippen molar-refractivity contribution in [2.45, 2.75) is 322 Å². The van der Waals surface area contributed by atoms with E-state index in [1.807, 2.05) is 62.3 Å². The van der Waals surface area contributed by atoms with Crippen LogP contribution in [0.1, 0.15) is 285 Å². The second-order valence-electron chi connectivity index (χ2n) is 35.5. The molecule has 10 atom stereocenters.